The fourth-order valence-corrected chi connectivity index (χ4v) is 3.76. The smallest absolute Gasteiger partial charge is 0.497 e. The van der Waals surface area contributed by atoms with E-state index >= 15 is 0 Å². The number of ether oxygens (including phenoxy) is 3. The van der Waals surface area contributed by atoms with Gasteiger partial charge in [0.1, 0.15) is 11.5 Å². The van der Waals surface area contributed by atoms with E-state index in [1.807, 2.05) is 24.3 Å². The molecule has 0 aliphatic carbocycles. The van der Waals surface area contributed by atoms with E-state index in [1.165, 1.54) is 24.3 Å². The molecule has 2 aromatic rings. The molecule has 2 aromatic carbocycles. The molecule has 0 bridgehead atoms. The van der Waals surface area contributed by atoms with Gasteiger partial charge in [-0.25, -0.2) is 4.79 Å². The van der Waals surface area contributed by atoms with Crippen LogP contribution in [0.5, 0.6) is 11.5 Å². The van der Waals surface area contributed by atoms with Crippen LogP contribution in [0, 0.1) is 5.92 Å². The molecule has 2 N–H and O–H groups in total. The monoisotopic (exact) mass is 482 g/mol. The van der Waals surface area contributed by atoms with Gasteiger partial charge in [-0.3, -0.25) is 0 Å². The molecule has 0 saturated carbocycles. The second-order valence-corrected chi connectivity index (χ2v) is 8.12. The molecule has 2 amide bonds. The Hall–Kier alpha value is -2.98. The number of carbonyl (C=O) groups is 1. The minimum Gasteiger partial charge on any atom is -0.497 e. The van der Waals surface area contributed by atoms with E-state index in [0.29, 0.717) is 32.5 Å². The Morgan fingerprint density at radius 1 is 1.15 bits per heavy atom. The van der Waals surface area contributed by atoms with Crippen LogP contribution in [0.1, 0.15) is 11.1 Å². The molecular weight excluding hydrogens is 453 g/mol. The van der Waals surface area contributed by atoms with E-state index in [0.717, 1.165) is 16.9 Å². The van der Waals surface area contributed by atoms with Crippen LogP contribution in [-0.4, -0.2) is 68.5 Å². The number of aliphatic hydroxyl groups excluding tert-OH is 1. The summed E-state index contributed by atoms with van der Waals surface area (Å²) in [7, 11) is 1.61. The maximum absolute atomic E-state index is 12.7. The zero-order chi connectivity index (χ0) is 24.6. The Kier molecular flexibility index (Phi) is 9.00. The number of amides is 2. The van der Waals surface area contributed by atoms with Crippen molar-refractivity contribution in [2.24, 2.45) is 5.92 Å². The first-order chi connectivity index (χ1) is 16.3. The van der Waals surface area contributed by atoms with Crippen molar-refractivity contribution in [1.29, 1.82) is 0 Å². The predicted molar refractivity (Wildman–Crippen MR) is 119 cm³/mol. The maximum Gasteiger partial charge on any atom is 0.573 e. The van der Waals surface area contributed by atoms with E-state index in [2.05, 4.69) is 10.1 Å². The molecule has 2 atom stereocenters. The van der Waals surface area contributed by atoms with Gasteiger partial charge >= 0.3 is 12.4 Å². The van der Waals surface area contributed by atoms with Crippen molar-refractivity contribution >= 4 is 6.03 Å². The minimum absolute atomic E-state index is 0.126. The fraction of sp³-hybridized carbons (Fsp3) is 0.458. The minimum atomic E-state index is -4.74. The van der Waals surface area contributed by atoms with Gasteiger partial charge in [0.25, 0.3) is 0 Å². The zero-order valence-electron chi connectivity index (χ0n) is 18.9. The van der Waals surface area contributed by atoms with Crippen LogP contribution in [0.3, 0.4) is 0 Å². The van der Waals surface area contributed by atoms with Crippen molar-refractivity contribution in [3.63, 3.8) is 0 Å². The lowest BCUT2D eigenvalue weighted by atomic mass is 10.00. The third kappa shape index (κ3) is 8.11. The lowest BCUT2D eigenvalue weighted by Crippen LogP contribution is -2.51. The highest BCUT2D eigenvalue weighted by Gasteiger charge is 2.31. The Balaban J connectivity index is 1.46. The molecule has 1 aliphatic rings. The number of hydrogen-bond donors (Lipinski definition) is 2. The highest BCUT2D eigenvalue weighted by molar-refractivity contribution is 5.74. The second-order valence-electron chi connectivity index (χ2n) is 8.12. The summed E-state index contributed by atoms with van der Waals surface area (Å²) >= 11 is 0. The fourth-order valence-electron chi connectivity index (χ4n) is 3.76. The standard InChI is InChI=1S/C24H29F3N2O5/c1-32-20-6-2-18(3-7-20)13-22-15-29(10-11-33-22)23(31)28-14-19(16-30)12-17-4-8-21(9-5-17)34-24(25,26)27/h2-9,19,22,30H,10-16H2,1H3,(H,28,31). The lowest BCUT2D eigenvalue weighted by Gasteiger charge is -2.33. The quantitative estimate of drug-likeness (QED) is 0.573. The number of carbonyl (C=O) groups excluding carboxylic acids is 1. The van der Waals surface area contributed by atoms with E-state index in [4.69, 9.17) is 9.47 Å². The molecule has 1 heterocycles. The first kappa shape index (κ1) is 25.6. The number of hydrogen-bond acceptors (Lipinski definition) is 5. The summed E-state index contributed by atoms with van der Waals surface area (Å²) < 4.78 is 51.7. The Morgan fingerprint density at radius 3 is 2.41 bits per heavy atom. The molecule has 1 saturated heterocycles. The average Bonchev–Trinajstić information content (AvgIpc) is 2.82. The van der Waals surface area contributed by atoms with Gasteiger partial charge in [0, 0.05) is 38.6 Å². The van der Waals surface area contributed by atoms with Crippen molar-refractivity contribution in [3.05, 3.63) is 59.7 Å². The first-order valence-electron chi connectivity index (χ1n) is 11.0. The van der Waals surface area contributed by atoms with Crippen LogP contribution in [0.15, 0.2) is 48.5 Å². The molecule has 0 radical (unpaired) electrons. The summed E-state index contributed by atoms with van der Waals surface area (Å²) in [5, 5.41) is 12.5. The number of benzene rings is 2. The number of methoxy groups -OCH3 is 1. The van der Waals surface area contributed by atoms with Crippen LogP contribution in [0.25, 0.3) is 0 Å². The van der Waals surface area contributed by atoms with Crippen LogP contribution in [-0.2, 0) is 17.6 Å². The molecule has 186 valence electrons. The van der Waals surface area contributed by atoms with Crippen molar-refractivity contribution < 1.29 is 37.3 Å². The predicted octanol–water partition coefficient (Wildman–Crippen LogP) is 3.40. The first-order valence-corrected chi connectivity index (χ1v) is 11.0. The van der Waals surface area contributed by atoms with Crippen molar-refractivity contribution in [1.82, 2.24) is 10.2 Å². The number of morpholine rings is 1. The molecule has 0 spiro atoms. The second kappa shape index (κ2) is 11.9. The number of urea groups is 1. The lowest BCUT2D eigenvalue weighted by molar-refractivity contribution is -0.274. The van der Waals surface area contributed by atoms with Gasteiger partial charge in [-0.2, -0.15) is 0 Å². The zero-order valence-corrected chi connectivity index (χ0v) is 18.9. The van der Waals surface area contributed by atoms with Gasteiger partial charge in [-0.05, 0) is 41.8 Å². The summed E-state index contributed by atoms with van der Waals surface area (Å²) in [5.41, 5.74) is 1.81. The molecule has 3 rings (SSSR count). The third-order valence-corrected chi connectivity index (χ3v) is 5.53. The van der Waals surface area contributed by atoms with Gasteiger partial charge < -0.3 is 29.5 Å². The van der Waals surface area contributed by atoms with Crippen molar-refractivity contribution in [2.45, 2.75) is 25.3 Å². The third-order valence-electron chi connectivity index (χ3n) is 5.53. The Morgan fingerprint density at radius 2 is 1.79 bits per heavy atom. The topological polar surface area (TPSA) is 80.3 Å². The van der Waals surface area contributed by atoms with Gasteiger partial charge in [0.15, 0.2) is 0 Å². The van der Waals surface area contributed by atoms with Gasteiger partial charge in [-0.1, -0.05) is 24.3 Å². The van der Waals surface area contributed by atoms with Gasteiger partial charge in [-0.15, -0.1) is 13.2 Å². The molecule has 34 heavy (non-hydrogen) atoms. The van der Waals surface area contributed by atoms with Crippen molar-refractivity contribution in [2.75, 3.05) is 40.0 Å². The molecule has 0 aromatic heterocycles. The molecule has 2 unspecified atom stereocenters. The Labute approximate surface area is 196 Å². The average molecular weight is 482 g/mol. The van der Waals surface area contributed by atoms with E-state index in [-0.39, 0.29) is 37.0 Å². The van der Waals surface area contributed by atoms with Crippen LogP contribution in [0.4, 0.5) is 18.0 Å². The summed E-state index contributed by atoms with van der Waals surface area (Å²) in [6.07, 6.45) is -3.81. The number of nitrogens with one attached hydrogen (secondary N) is 1. The number of rotatable bonds is 9. The number of nitrogens with zero attached hydrogens (tertiary/aromatic N) is 1. The number of aliphatic hydroxyl groups is 1. The molecule has 10 heteroatoms. The van der Waals surface area contributed by atoms with Gasteiger partial charge in [0.05, 0.1) is 19.8 Å². The number of halogens is 3. The normalized spacial score (nSPS) is 17.2. The summed E-state index contributed by atoms with van der Waals surface area (Å²) in [6, 6.07) is 12.9. The highest BCUT2D eigenvalue weighted by Crippen LogP contribution is 2.23. The summed E-state index contributed by atoms with van der Waals surface area (Å²) in [4.78, 5) is 14.4. The van der Waals surface area contributed by atoms with Crippen molar-refractivity contribution in [3.8, 4) is 11.5 Å². The largest absolute Gasteiger partial charge is 0.573 e. The van der Waals surface area contributed by atoms with Gasteiger partial charge in [0.2, 0.25) is 0 Å². The van der Waals surface area contributed by atoms with E-state index in [9.17, 15) is 23.1 Å². The molecule has 1 aliphatic heterocycles. The summed E-state index contributed by atoms with van der Waals surface area (Å²) in [6.45, 7) is 1.41. The maximum atomic E-state index is 12.7. The molecular formula is C24H29F3N2O5. The Bertz CT molecular complexity index is 906. The number of alkyl halides is 3. The molecule has 1 fully saturated rings. The van der Waals surface area contributed by atoms with E-state index in [1.54, 1.807) is 12.0 Å². The summed E-state index contributed by atoms with van der Waals surface area (Å²) in [5.74, 6) is 0.189. The van der Waals surface area contributed by atoms with Crippen LogP contribution in [0.2, 0.25) is 0 Å². The molecule has 7 nitrogen and oxygen atoms in total. The van der Waals surface area contributed by atoms with E-state index < -0.39 is 6.36 Å². The van der Waals surface area contributed by atoms with Crippen LogP contribution >= 0.6 is 0 Å². The SMILES string of the molecule is COc1ccc(CC2CN(C(=O)NCC(CO)Cc3ccc(OC(F)(F)F)cc3)CCO2)cc1. The highest BCUT2D eigenvalue weighted by atomic mass is 19.4. The van der Waals surface area contributed by atoms with Crippen LogP contribution < -0.4 is 14.8 Å².